The van der Waals surface area contributed by atoms with Crippen LogP contribution in [0.15, 0.2) is 11.8 Å². The van der Waals surface area contributed by atoms with Gasteiger partial charge < -0.3 is 29.3 Å². The Hall–Kier alpha value is -0.0600. The number of hydrogen-bond acceptors (Lipinski definition) is 1. The summed E-state index contributed by atoms with van der Waals surface area (Å²) in [5, 5.41) is 3.63. The maximum Gasteiger partial charge on any atom is 0.177 e. The van der Waals surface area contributed by atoms with E-state index in [1.165, 1.54) is 11.4 Å². The molecule has 0 saturated heterocycles. The Labute approximate surface area is 136 Å². The van der Waals surface area contributed by atoms with Gasteiger partial charge in [-0.3, -0.25) is 0 Å². The molecule has 0 heterocycles. The molecule has 0 aromatic heterocycles. The summed E-state index contributed by atoms with van der Waals surface area (Å²) in [5.41, 5.74) is 3.30. The average molecular weight is 378 g/mol. The summed E-state index contributed by atoms with van der Waals surface area (Å²) < 4.78 is 0. The minimum absolute atomic E-state index is 0. The van der Waals surface area contributed by atoms with Crippen molar-refractivity contribution in [3.63, 3.8) is 0 Å². The van der Waals surface area contributed by atoms with Crippen LogP contribution in [0, 0.1) is 5.41 Å². The Morgan fingerprint density at radius 2 is 1.58 bits per heavy atom. The quantitative estimate of drug-likeness (QED) is 0.586. The van der Waals surface area contributed by atoms with Crippen molar-refractivity contribution in [1.82, 2.24) is 5.32 Å². The molecule has 1 rings (SSSR count). The standard InChI is InChI=1S/C16H30N2.HI/c1-14(2,3)17-12-9-13(18-15(4,5)6)11-16(7,8)10-12;/h9,17H,10-11H2,1-8H3;1H. The lowest BCUT2D eigenvalue weighted by atomic mass is 9.78. The molecule has 0 radical (unpaired) electrons. The Morgan fingerprint density at radius 1 is 1.05 bits per heavy atom. The molecule has 1 aliphatic rings. The summed E-state index contributed by atoms with van der Waals surface area (Å²) >= 11 is 0. The fraction of sp³-hybridized carbons (Fsp3) is 0.812. The van der Waals surface area contributed by atoms with Crippen LogP contribution in [0.25, 0.3) is 0 Å². The number of allylic oxidation sites excluding steroid dienone is 2. The monoisotopic (exact) mass is 378 g/mol. The molecule has 19 heavy (non-hydrogen) atoms. The molecule has 0 spiro atoms. The molecular formula is C16H31IN2. The smallest absolute Gasteiger partial charge is 0.177 e. The van der Waals surface area contributed by atoms with Gasteiger partial charge in [-0.25, -0.2) is 4.99 Å². The lowest BCUT2D eigenvalue weighted by Gasteiger charge is -2.33. The molecule has 0 aromatic carbocycles. The molecule has 2 nitrogen and oxygen atoms in total. The van der Waals surface area contributed by atoms with E-state index < -0.39 is 0 Å². The fourth-order valence-corrected chi connectivity index (χ4v) is 2.53. The van der Waals surface area contributed by atoms with E-state index in [2.05, 4.69) is 71.8 Å². The number of halogens is 1. The first-order valence-corrected chi connectivity index (χ1v) is 6.99. The van der Waals surface area contributed by atoms with E-state index in [1.54, 1.807) is 0 Å². The summed E-state index contributed by atoms with van der Waals surface area (Å²) in [6.07, 6.45) is 4.56. The first-order chi connectivity index (χ1) is 7.86. The van der Waals surface area contributed by atoms with Crippen LogP contribution >= 0.6 is 0 Å². The van der Waals surface area contributed by atoms with Crippen molar-refractivity contribution < 1.29 is 29.0 Å². The van der Waals surface area contributed by atoms with Gasteiger partial charge in [0.1, 0.15) is 0 Å². The van der Waals surface area contributed by atoms with Crippen LogP contribution in [0.4, 0.5) is 0 Å². The summed E-state index contributed by atoms with van der Waals surface area (Å²) in [6.45, 7) is 18.0. The van der Waals surface area contributed by atoms with Crippen LogP contribution < -0.4 is 34.3 Å². The third kappa shape index (κ3) is 7.95. The molecule has 0 aromatic rings. The van der Waals surface area contributed by atoms with Crippen molar-refractivity contribution >= 4 is 5.71 Å². The molecule has 0 aliphatic heterocycles. The average Bonchev–Trinajstić information content (AvgIpc) is 1.90. The van der Waals surface area contributed by atoms with Gasteiger partial charge in [0.05, 0.1) is 0 Å². The van der Waals surface area contributed by atoms with Gasteiger partial charge in [0, 0.05) is 23.7 Å². The lowest BCUT2D eigenvalue weighted by molar-refractivity contribution is -0.539. The van der Waals surface area contributed by atoms with E-state index in [4.69, 9.17) is 0 Å². The summed E-state index contributed by atoms with van der Waals surface area (Å²) in [6, 6.07) is 0. The largest absolute Gasteiger partial charge is 1.00 e. The predicted molar refractivity (Wildman–Crippen MR) is 79.7 cm³/mol. The third-order valence-corrected chi connectivity index (χ3v) is 2.76. The second kappa shape index (κ2) is 6.15. The van der Waals surface area contributed by atoms with Crippen molar-refractivity contribution in [3.8, 4) is 0 Å². The van der Waals surface area contributed by atoms with Crippen LogP contribution in [-0.4, -0.2) is 16.8 Å². The number of hydrogen-bond donors (Lipinski definition) is 2. The molecular weight excluding hydrogens is 347 g/mol. The molecule has 3 heteroatoms. The van der Waals surface area contributed by atoms with Gasteiger partial charge in [0.25, 0.3) is 0 Å². The molecule has 0 saturated carbocycles. The molecule has 0 unspecified atom stereocenters. The highest BCUT2D eigenvalue weighted by atomic mass is 127. The van der Waals surface area contributed by atoms with E-state index in [0.717, 1.165) is 12.8 Å². The summed E-state index contributed by atoms with van der Waals surface area (Å²) in [5.74, 6) is 0. The van der Waals surface area contributed by atoms with Crippen LogP contribution in [0.3, 0.4) is 0 Å². The zero-order valence-electron chi connectivity index (χ0n) is 13.9. The molecule has 2 N–H and O–H groups in total. The van der Waals surface area contributed by atoms with Gasteiger partial charge >= 0.3 is 0 Å². The van der Waals surface area contributed by atoms with Crippen LogP contribution in [0.5, 0.6) is 0 Å². The van der Waals surface area contributed by atoms with Gasteiger partial charge in [-0.2, -0.15) is 0 Å². The highest BCUT2D eigenvalue weighted by molar-refractivity contribution is 5.92. The molecule has 112 valence electrons. The molecule has 1 aliphatic carbocycles. The highest BCUT2D eigenvalue weighted by Crippen LogP contribution is 2.32. The highest BCUT2D eigenvalue weighted by Gasteiger charge is 2.31. The van der Waals surface area contributed by atoms with Crippen molar-refractivity contribution in [3.05, 3.63) is 11.8 Å². The van der Waals surface area contributed by atoms with E-state index in [0.29, 0.717) is 5.41 Å². The van der Waals surface area contributed by atoms with Gasteiger partial charge in [-0.05, 0) is 53.4 Å². The first-order valence-electron chi connectivity index (χ1n) is 6.99. The molecule has 0 atom stereocenters. The fourth-order valence-electron chi connectivity index (χ4n) is 2.53. The van der Waals surface area contributed by atoms with E-state index >= 15 is 0 Å². The lowest BCUT2D eigenvalue weighted by Crippen LogP contribution is -3.00. The third-order valence-electron chi connectivity index (χ3n) is 2.76. The minimum Gasteiger partial charge on any atom is -1.00 e. The van der Waals surface area contributed by atoms with Crippen LogP contribution in [0.1, 0.15) is 68.2 Å². The van der Waals surface area contributed by atoms with E-state index in [1.807, 2.05) is 0 Å². The van der Waals surface area contributed by atoms with Crippen molar-refractivity contribution in [2.45, 2.75) is 79.3 Å². The van der Waals surface area contributed by atoms with E-state index in [9.17, 15) is 0 Å². The zero-order valence-corrected chi connectivity index (χ0v) is 16.0. The van der Waals surface area contributed by atoms with Gasteiger partial charge in [-0.1, -0.05) is 13.8 Å². The SMILES string of the molecule is CC1(C)CC(NC(C)(C)C)=CC(=[NH+]C(C)(C)C)C1.[I-]. The van der Waals surface area contributed by atoms with Gasteiger partial charge in [-0.15, -0.1) is 0 Å². The number of nitrogens with one attached hydrogen (secondary N) is 2. The summed E-state index contributed by atoms with van der Waals surface area (Å²) in [4.78, 5) is 3.63. The van der Waals surface area contributed by atoms with Crippen molar-refractivity contribution in [2.24, 2.45) is 5.41 Å². The minimum atomic E-state index is 0. The Morgan fingerprint density at radius 3 is 2.00 bits per heavy atom. The second-order valence-corrected chi connectivity index (χ2v) is 8.46. The predicted octanol–water partition coefficient (Wildman–Crippen LogP) is -0.597. The summed E-state index contributed by atoms with van der Waals surface area (Å²) in [7, 11) is 0. The molecule has 0 bridgehead atoms. The van der Waals surface area contributed by atoms with Crippen LogP contribution in [-0.2, 0) is 0 Å². The molecule has 0 fully saturated rings. The van der Waals surface area contributed by atoms with Gasteiger partial charge in [0.15, 0.2) is 11.3 Å². The van der Waals surface area contributed by atoms with Crippen molar-refractivity contribution in [1.29, 1.82) is 0 Å². The molecule has 0 amide bonds. The topological polar surface area (TPSA) is 26.0 Å². The number of rotatable bonds is 1. The normalized spacial score (nSPS) is 21.7. The maximum atomic E-state index is 3.63. The Bertz CT molecular complexity index is 365. The second-order valence-electron chi connectivity index (χ2n) is 8.46. The van der Waals surface area contributed by atoms with Crippen molar-refractivity contribution in [2.75, 3.05) is 0 Å². The van der Waals surface area contributed by atoms with Crippen LogP contribution in [0.2, 0.25) is 0 Å². The Balaban J connectivity index is 0.00000324. The van der Waals surface area contributed by atoms with Gasteiger partial charge in [0.2, 0.25) is 0 Å². The maximum absolute atomic E-state index is 3.63. The Kier molecular flexibility index (Phi) is 6.13. The first kappa shape index (κ1) is 18.9. The zero-order chi connectivity index (χ0) is 14.2. The van der Waals surface area contributed by atoms with E-state index in [-0.39, 0.29) is 35.1 Å².